The normalized spacial score (nSPS) is 15.5. The third-order valence-corrected chi connectivity index (χ3v) is 4.89. The standard InChI is InChI=1S/C21H23NO2/c1-5-21(3,4)15-10-13(2)19-17(12-15)18(20(23)24-19)11-14-6-8-16(22)9-7-14/h6-12H,5,22H2,1-4H3/b18-11-. The molecule has 2 N–H and O–H groups in total. The average Bonchev–Trinajstić information content (AvgIpc) is 2.86. The van der Waals surface area contributed by atoms with Crippen LogP contribution in [0, 0.1) is 6.92 Å². The van der Waals surface area contributed by atoms with E-state index < -0.39 is 0 Å². The molecule has 0 aromatic heterocycles. The molecule has 0 saturated heterocycles. The second kappa shape index (κ2) is 5.82. The minimum atomic E-state index is -0.295. The largest absolute Gasteiger partial charge is 0.422 e. The zero-order chi connectivity index (χ0) is 17.5. The summed E-state index contributed by atoms with van der Waals surface area (Å²) in [6, 6.07) is 11.7. The number of esters is 1. The summed E-state index contributed by atoms with van der Waals surface area (Å²) < 4.78 is 5.52. The highest BCUT2D eigenvalue weighted by Crippen LogP contribution is 2.41. The smallest absolute Gasteiger partial charge is 0.344 e. The lowest BCUT2D eigenvalue weighted by molar-refractivity contribution is -0.126. The summed E-state index contributed by atoms with van der Waals surface area (Å²) >= 11 is 0. The van der Waals surface area contributed by atoms with Gasteiger partial charge in [-0.1, -0.05) is 39.0 Å². The van der Waals surface area contributed by atoms with E-state index in [0.717, 1.165) is 23.1 Å². The summed E-state index contributed by atoms with van der Waals surface area (Å²) in [7, 11) is 0. The molecule has 124 valence electrons. The third-order valence-electron chi connectivity index (χ3n) is 4.89. The Morgan fingerprint density at radius 3 is 2.46 bits per heavy atom. The van der Waals surface area contributed by atoms with Gasteiger partial charge in [0.2, 0.25) is 0 Å². The molecule has 1 aliphatic heterocycles. The number of benzene rings is 2. The van der Waals surface area contributed by atoms with Gasteiger partial charge in [-0.2, -0.15) is 0 Å². The van der Waals surface area contributed by atoms with Crippen molar-refractivity contribution in [3.63, 3.8) is 0 Å². The number of nitrogens with two attached hydrogens (primary N) is 1. The van der Waals surface area contributed by atoms with Gasteiger partial charge in [0.25, 0.3) is 0 Å². The minimum Gasteiger partial charge on any atom is -0.422 e. The van der Waals surface area contributed by atoms with E-state index in [0.29, 0.717) is 17.0 Å². The number of nitrogen functional groups attached to an aromatic ring is 1. The molecule has 2 aromatic carbocycles. The van der Waals surface area contributed by atoms with Gasteiger partial charge in [-0.15, -0.1) is 0 Å². The fraction of sp³-hybridized carbons (Fsp3) is 0.286. The van der Waals surface area contributed by atoms with Crippen molar-refractivity contribution < 1.29 is 9.53 Å². The Balaban J connectivity index is 2.13. The van der Waals surface area contributed by atoms with E-state index in [1.54, 1.807) is 0 Å². The van der Waals surface area contributed by atoms with Gasteiger partial charge in [-0.05, 0) is 59.7 Å². The molecule has 0 bridgehead atoms. The van der Waals surface area contributed by atoms with Crippen LogP contribution in [-0.4, -0.2) is 5.97 Å². The zero-order valence-corrected chi connectivity index (χ0v) is 14.6. The summed E-state index contributed by atoms with van der Waals surface area (Å²) in [5.74, 6) is 0.383. The molecule has 0 atom stereocenters. The van der Waals surface area contributed by atoms with Crippen molar-refractivity contribution in [2.24, 2.45) is 0 Å². The van der Waals surface area contributed by atoms with Gasteiger partial charge in [-0.25, -0.2) is 4.79 Å². The van der Waals surface area contributed by atoms with Crippen LogP contribution in [0.2, 0.25) is 0 Å². The number of hydrogen-bond acceptors (Lipinski definition) is 3. The van der Waals surface area contributed by atoms with Crippen LogP contribution >= 0.6 is 0 Å². The van der Waals surface area contributed by atoms with Crippen LogP contribution in [0.5, 0.6) is 5.75 Å². The highest BCUT2D eigenvalue weighted by atomic mass is 16.5. The van der Waals surface area contributed by atoms with Crippen LogP contribution in [0.15, 0.2) is 36.4 Å². The maximum atomic E-state index is 12.4. The summed E-state index contributed by atoms with van der Waals surface area (Å²) in [6.07, 6.45) is 2.90. The first-order chi connectivity index (χ1) is 11.3. The maximum Gasteiger partial charge on any atom is 0.344 e. The van der Waals surface area contributed by atoms with E-state index in [9.17, 15) is 4.79 Å². The molecule has 0 aliphatic carbocycles. The number of carbonyl (C=O) groups is 1. The molecule has 0 amide bonds. The SMILES string of the molecule is CCC(C)(C)c1cc(C)c2c(c1)/C(=C/c1ccc(N)cc1)C(=O)O2. The number of carbonyl (C=O) groups excluding carboxylic acids is 1. The predicted octanol–water partition coefficient (Wildman–Crippen LogP) is 4.72. The first-order valence-corrected chi connectivity index (χ1v) is 8.27. The van der Waals surface area contributed by atoms with Crippen molar-refractivity contribution >= 4 is 23.3 Å². The lowest BCUT2D eigenvalue weighted by Gasteiger charge is -2.24. The van der Waals surface area contributed by atoms with Crippen molar-refractivity contribution in [3.05, 3.63) is 58.7 Å². The Morgan fingerprint density at radius 2 is 1.83 bits per heavy atom. The van der Waals surface area contributed by atoms with Crippen LogP contribution in [0.3, 0.4) is 0 Å². The summed E-state index contributed by atoms with van der Waals surface area (Å²) in [4.78, 5) is 12.4. The fourth-order valence-electron chi connectivity index (χ4n) is 2.86. The molecule has 3 heteroatoms. The van der Waals surface area contributed by atoms with Crippen molar-refractivity contribution in [3.8, 4) is 5.75 Å². The Labute approximate surface area is 143 Å². The molecular weight excluding hydrogens is 298 g/mol. The van der Waals surface area contributed by atoms with E-state index in [1.807, 2.05) is 37.3 Å². The maximum absolute atomic E-state index is 12.4. The van der Waals surface area contributed by atoms with Crippen LogP contribution in [-0.2, 0) is 10.2 Å². The molecule has 0 radical (unpaired) electrons. The quantitative estimate of drug-likeness (QED) is 0.385. The van der Waals surface area contributed by atoms with Gasteiger partial charge in [-0.3, -0.25) is 0 Å². The Hall–Kier alpha value is -2.55. The Bertz CT molecular complexity index is 830. The minimum absolute atomic E-state index is 0.0533. The third kappa shape index (κ3) is 2.82. The molecule has 3 nitrogen and oxygen atoms in total. The molecular formula is C21H23NO2. The van der Waals surface area contributed by atoms with Gasteiger partial charge in [0.05, 0.1) is 5.57 Å². The van der Waals surface area contributed by atoms with E-state index >= 15 is 0 Å². The van der Waals surface area contributed by atoms with E-state index in [4.69, 9.17) is 10.5 Å². The van der Waals surface area contributed by atoms with Crippen LogP contribution in [0.4, 0.5) is 5.69 Å². The second-order valence-corrected chi connectivity index (χ2v) is 7.02. The summed E-state index contributed by atoms with van der Waals surface area (Å²) in [5.41, 5.74) is 11.1. The van der Waals surface area contributed by atoms with Crippen molar-refractivity contribution in [2.45, 2.75) is 39.5 Å². The molecule has 0 unspecified atom stereocenters. The highest BCUT2D eigenvalue weighted by molar-refractivity contribution is 6.26. The molecule has 0 fully saturated rings. The lowest BCUT2D eigenvalue weighted by Crippen LogP contribution is -2.15. The van der Waals surface area contributed by atoms with E-state index in [-0.39, 0.29) is 11.4 Å². The number of rotatable bonds is 3. The number of ether oxygens (including phenoxy) is 1. The van der Waals surface area contributed by atoms with E-state index in [2.05, 4.69) is 32.9 Å². The first-order valence-electron chi connectivity index (χ1n) is 8.27. The molecule has 1 aliphatic rings. The van der Waals surface area contributed by atoms with Crippen LogP contribution < -0.4 is 10.5 Å². The number of anilines is 1. The lowest BCUT2D eigenvalue weighted by atomic mass is 9.80. The van der Waals surface area contributed by atoms with Gasteiger partial charge < -0.3 is 10.5 Å². The van der Waals surface area contributed by atoms with Gasteiger partial charge >= 0.3 is 5.97 Å². The predicted molar refractivity (Wildman–Crippen MR) is 98.9 cm³/mol. The highest BCUT2D eigenvalue weighted by Gasteiger charge is 2.31. The number of hydrogen-bond donors (Lipinski definition) is 1. The molecule has 1 heterocycles. The second-order valence-electron chi connectivity index (χ2n) is 7.02. The topological polar surface area (TPSA) is 52.3 Å². The molecule has 0 saturated carbocycles. The molecule has 3 rings (SSSR count). The van der Waals surface area contributed by atoms with Crippen molar-refractivity contribution in [1.29, 1.82) is 0 Å². The average molecular weight is 321 g/mol. The molecule has 2 aromatic rings. The van der Waals surface area contributed by atoms with Crippen LogP contribution in [0.25, 0.3) is 11.6 Å². The first kappa shape index (κ1) is 16.3. The van der Waals surface area contributed by atoms with Crippen LogP contribution in [0.1, 0.15) is 49.4 Å². The van der Waals surface area contributed by atoms with Crippen molar-refractivity contribution in [1.82, 2.24) is 0 Å². The fourth-order valence-corrected chi connectivity index (χ4v) is 2.86. The van der Waals surface area contributed by atoms with Gasteiger partial charge in [0.15, 0.2) is 0 Å². The Kier molecular flexibility index (Phi) is 3.96. The van der Waals surface area contributed by atoms with Gasteiger partial charge in [0, 0.05) is 11.3 Å². The van der Waals surface area contributed by atoms with E-state index in [1.165, 1.54) is 5.56 Å². The zero-order valence-electron chi connectivity index (χ0n) is 14.6. The van der Waals surface area contributed by atoms with Crippen molar-refractivity contribution in [2.75, 3.05) is 5.73 Å². The molecule has 24 heavy (non-hydrogen) atoms. The summed E-state index contributed by atoms with van der Waals surface area (Å²) in [6.45, 7) is 8.60. The molecule has 0 spiro atoms. The number of aryl methyl sites for hydroxylation is 1. The summed E-state index contributed by atoms with van der Waals surface area (Å²) in [5, 5.41) is 0. The monoisotopic (exact) mass is 321 g/mol. The number of fused-ring (bicyclic) bond motifs is 1. The van der Waals surface area contributed by atoms with Gasteiger partial charge in [0.1, 0.15) is 5.75 Å². The Morgan fingerprint density at radius 1 is 1.17 bits per heavy atom.